The lowest BCUT2D eigenvalue weighted by Gasteiger charge is -2.07. The average Bonchev–Trinajstić information content (AvgIpc) is 1.99. The molecule has 0 saturated heterocycles. The predicted molar refractivity (Wildman–Crippen MR) is 52.7 cm³/mol. The van der Waals surface area contributed by atoms with Crippen molar-refractivity contribution in [3.8, 4) is 0 Å². The van der Waals surface area contributed by atoms with E-state index in [-0.39, 0.29) is 0 Å². The number of hydrogen-bond donors (Lipinski definition) is 0. The quantitative estimate of drug-likeness (QED) is 0.381. The second kappa shape index (κ2) is 7.84. The zero-order valence-corrected chi connectivity index (χ0v) is 8.10. The molecule has 0 nitrogen and oxygen atoms in total. The van der Waals surface area contributed by atoms with Crippen LogP contribution < -0.4 is 0 Å². The topological polar surface area (TPSA) is 0 Å². The summed E-state index contributed by atoms with van der Waals surface area (Å²) >= 11 is 0. The Labute approximate surface area is 71.7 Å². The normalized spacial score (nSPS) is 12.9. The van der Waals surface area contributed by atoms with Gasteiger partial charge in [0.05, 0.1) is 0 Å². The number of hydrogen-bond acceptors (Lipinski definition) is 0. The van der Waals surface area contributed by atoms with Gasteiger partial charge in [0.1, 0.15) is 0 Å². The van der Waals surface area contributed by atoms with Crippen LogP contribution in [0.1, 0.15) is 52.4 Å². The molecule has 0 aromatic heterocycles. The molecule has 66 valence electrons. The van der Waals surface area contributed by atoms with Gasteiger partial charge < -0.3 is 0 Å². The van der Waals surface area contributed by atoms with Crippen molar-refractivity contribution < 1.29 is 0 Å². The van der Waals surface area contributed by atoms with Crippen molar-refractivity contribution in [2.24, 2.45) is 5.92 Å². The Morgan fingerprint density at radius 1 is 1.27 bits per heavy atom. The molecule has 0 N–H and O–H groups in total. The molecular formula is C11H22. The largest absolute Gasteiger partial charge is 0.103 e. The van der Waals surface area contributed by atoms with Crippen LogP contribution in [0.15, 0.2) is 12.7 Å². The van der Waals surface area contributed by atoms with Crippen LogP contribution in [0.4, 0.5) is 0 Å². The van der Waals surface area contributed by atoms with Crippen LogP contribution in [0, 0.1) is 5.92 Å². The molecule has 0 radical (unpaired) electrons. The van der Waals surface area contributed by atoms with Crippen molar-refractivity contribution in [1.82, 2.24) is 0 Å². The van der Waals surface area contributed by atoms with E-state index in [2.05, 4.69) is 20.4 Å². The van der Waals surface area contributed by atoms with Gasteiger partial charge >= 0.3 is 0 Å². The molecule has 0 aromatic rings. The number of allylic oxidation sites excluding steroid dienone is 1. The van der Waals surface area contributed by atoms with E-state index in [0.29, 0.717) is 0 Å². The summed E-state index contributed by atoms with van der Waals surface area (Å²) in [6.45, 7) is 8.34. The molecule has 11 heavy (non-hydrogen) atoms. The molecular weight excluding hydrogens is 132 g/mol. The lowest BCUT2D eigenvalue weighted by molar-refractivity contribution is 0.462. The highest BCUT2D eigenvalue weighted by molar-refractivity contribution is 4.65. The first-order valence-corrected chi connectivity index (χ1v) is 4.92. The lowest BCUT2D eigenvalue weighted by Crippen LogP contribution is -1.92. The molecule has 0 aliphatic carbocycles. The molecule has 1 atom stereocenters. The standard InChI is InChI=1S/C11H22/c1-4-6-7-8-10-11(3)9-5-2/h4,11H,1,5-10H2,2-3H3/t11-/m0/s1. The summed E-state index contributed by atoms with van der Waals surface area (Å²) in [5.74, 6) is 0.935. The molecule has 0 saturated carbocycles. The Bertz CT molecular complexity index is 84.0. The van der Waals surface area contributed by atoms with Crippen LogP contribution in [0.5, 0.6) is 0 Å². The molecule has 0 unspecified atom stereocenters. The lowest BCUT2D eigenvalue weighted by atomic mass is 9.99. The first-order valence-electron chi connectivity index (χ1n) is 4.92. The molecule has 0 aromatic carbocycles. The van der Waals surface area contributed by atoms with E-state index < -0.39 is 0 Å². The third-order valence-corrected chi connectivity index (χ3v) is 2.14. The predicted octanol–water partition coefficient (Wildman–Crippen LogP) is 4.17. The SMILES string of the molecule is C=CCCCC[C@@H](C)CCC. The number of unbranched alkanes of at least 4 members (excludes halogenated alkanes) is 2. The fourth-order valence-electron chi connectivity index (χ4n) is 1.42. The highest BCUT2D eigenvalue weighted by Gasteiger charge is 1.98. The summed E-state index contributed by atoms with van der Waals surface area (Å²) in [5.41, 5.74) is 0. The van der Waals surface area contributed by atoms with Gasteiger partial charge in [-0.05, 0) is 18.8 Å². The van der Waals surface area contributed by atoms with Crippen LogP contribution in [0.25, 0.3) is 0 Å². The van der Waals surface area contributed by atoms with Crippen molar-refractivity contribution in [3.05, 3.63) is 12.7 Å². The molecule has 0 fully saturated rings. The molecule has 0 bridgehead atoms. The van der Waals surface area contributed by atoms with Gasteiger partial charge in [-0.3, -0.25) is 0 Å². The van der Waals surface area contributed by atoms with E-state index in [1.807, 2.05) is 6.08 Å². The Kier molecular flexibility index (Phi) is 7.66. The molecule has 0 heteroatoms. The maximum absolute atomic E-state index is 3.71. The van der Waals surface area contributed by atoms with Gasteiger partial charge in [-0.2, -0.15) is 0 Å². The summed E-state index contributed by atoms with van der Waals surface area (Å²) in [6, 6.07) is 0. The first kappa shape index (κ1) is 10.7. The number of rotatable bonds is 7. The van der Waals surface area contributed by atoms with Crippen LogP contribution in [0.3, 0.4) is 0 Å². The molecule has 0 aliphatic rings. The van der Waals surface area contributed by atoms with Crippen molar-refractivity contribution in [2.75, 3.05) is 0 Å². The minimum Gasteiger partial charge on any atom is -0.103 e. The van der Waals surface area contributed by atoms with E-state index in [9.17, 15) is 0 Å². The minimum absolute atomic E-state index is 0.935. The molecule has 0 spiro atoms. The van der Waals surface area contributed by atoms with Gasteiger partial charge in [-0.15, -0.1) is 6.58 Å². The second-order valence-electron chi connectivity index (χ2n) is 3.47. The van der Waals surface area contributed by atoms with Crippen LogP contribution in [-0.4, -0.2) is 0 Å². The molecule has 0 amide bonds. The molecule has 0 aliphatic heterocycles. The van der Waals surface area contributed by atoms with E-state index in [1.54, 1.807) is 0 Å². The van der Waals surface area contributed by atoms with Crippen molar-refractivity contribution in [3.63, 3.8) is 0 Å². The van der Waals surface area contributed by atoms with Gasteiger partial charge in [0.2, 0.25) is 0 Å². The van der Waals surface area contributed by atoms with Gasteiger partial charge in [-0.25, -0.2) is 0 Å². The van der Waals surface area contributed by atoms with E-state index in [1.165, 1.54) is 38.5 Å². The molecule has 0 rings (SSSR count). The van der Waals surface area contributed by atoms with Crippen LogP contribution in [0.2, 0.25) is 0 Å². The third-order valence-electron chi connectivity index (χ3n) is 2.14. The molecule has 0 heterocycles. The van der Waals surface area contributed by atoms with Crippen molar-refractivity contribution in [1.29, 1.82) is 0 Å². The van der Waals surface area contributed by atoms with Crippen LogP contribution in [-0.2, 0) is 0 Å². The first-order chi connectivity index (χ1) is 5.31. The zero-order chi connectivity index (χ0) is 8.53. The van der Waals surface area contributed by atoms with Crippen LogP contribution >= 0.6 is 0 Å². The summed E-state index contributed by atoms with van der Waals surface area (Å²) in [7, 11) is 0. The Balaban J connectivity index is 3.03. The second-order valence-corrected chi connectivity index (χ2v) is 3.47. The van der Waals surface area contributed by atoms with Gasteiger partial charge in [0, 0.05) is 0 Å². The monoisotopic (exact) mass is 154 g/mol. The maximum atomic E-state index is 3.71. The Morgan fingerprint density at radius 2 is 2.00 bits per heavy atom. The zero-order valence-electron chi connectivity index (χ0n) is 8.10. The maximum Gasteiger partial charge on any atom is -0.0353 e. The highest BCUT2D eigenvalue weighted by atomic mass is 14.0. The summed E-state index contributed by atoms with van der Waals surface area (Å²) < 4.78 is 0. The average molecular weight is 154 g/mol. The van der Waals surface area contributed by atoms with E-state index >= 15 is 0 Å². The fraction of sp³-hybridized carbons (Fsp3) is 0.818. The smallest absolute Gasteiger partial charge is 0.0353 e. The van der Waals surface area contributed by atoms with Gasteiger partial charge in [0.25, 0.3) is 0 Å². The van der Waals surface area contributed by atoms with Gasteiger partial charge in [0.15, 0.2) is 0 Å². The highest BCUT2D eigenvalue weighted by Crippen LogP contribution is 2.14. The van der Waals surface area contributed by atoms with Gasteiger partial charge in [-0.1, -0.05) is 45.6 Å². The summed E-state index contributed by atoms with van der Waals surface area (Å²) in [6.07, 6.45) is 10.1. The fourth-order valence-corrected chi connectivity index (χ4v) is 1.42. The Morgan fingerprint density at radius 3 is 2.55 bits per heavy atom. The Hall–Kier alpha value is -0.260. The summed E-state index contributed by atoms with van der Waals surface area (Å²) in [4.78, 5) is 0. The van der Waals surface area contributed by atoms with E-state index in [4.69, 9.17) is 0 Å². The minimum atomic E-state index is 0.935. The summed E-state index contributed by atoms with van der Waals surface area (Å²) in [5, 5.41) is 0. The van der Waals surface area contributed by atoms with E-state index in [0.717, 1.165) is 5.92 Å². The third kappa shape index (κ3) is 7.64. The van der Waals surface area contributed by atoms with Crippen molar-refractivity contribution >= 4 is 0 Å². The van der Waals surface area contributed by atoms with Crippen molar-refractivity contribution in [2.45, 2.75) is 52.4 Å².